The zero-order chi connectivity index (χ0) is 12.7. The molecule has 96 valence electrons. The number of aryl methyl sites for hydroxylation is 1. The molecule has 0 amide bonds. The molecule has 0 bridgehead atoms. The van der Waals surface area contributed by atoms with E-state index in [0.717, 1.165) is 18.4 Å². The van der Waals surface area contributed by atoms with Gasteiger partial charge >= 0.3 is 0 Å². The Bertz CT molecular complexity index is 336. The fourth-order valence-electron chi connectivity index (χ4n) is 1.65. The third-order valence-electron chi connectivity index (χ3n) is 3.00. The normalized spacial score (nSPS) is 12.4. The number of aromatic hydroxyl groups is 1. The molecule has 0 saturated carbocycles. The van der Waals surface area contributed by atoms with Gasteiger partial charge in [0, 0.05) is 6.07 Å². The fourth-order valence-corrected chi connectivity index (χ4v) is 1.65. The Labute approximate surface area is 103 Å². The van der Waals surface area contributed by atoms with E-state index in [9.17, 15) is 5.11 Å². The Hall–Kier alpha value is -1.22. The second kappa shape index (κ2) is 7.17. The molecular formula is C14H22O3. The molecular weight excluding hydrogens is 216 g/mol. The van der Waals surface area contributed by atoms with Gasteiger partial charge in [-0.2, -0.15) is 0 Å². The van der Waals surface area contributed by atoms with E-state index in [4.69, 9.17) is 9.84 Å². The molecule has 1 aromatic rings. The van der Waals surface area contributed by atoms with Gasteiger partial charge in [-0.15, -0.1) is 0 Å². The Balaban J connectivity index is 2.68. The summed E-state index contributed by atoms with van der Waals surface area (Å²) in [6, 6.07) is 5.18. The zero-order valence-electron chi connectivity index (χ0n) is 10.6. The first-order chi connectivity index (χ1) is 8.17. The molecule has 1 unspecified atom stereocenters. The average Bonchev–Trinajstić information content (AvgIpc) is 2.34. The van der Waals surface area contributed by atoms with Gasteiger partial charge in [-0.1, -0.05) is 26.3 Å². The van der Waals surface area contributed by atoms with E-state index in [2.05, 4.69) is 13.8 Å². The van der Waals surface area contributed by atoms with Crippen LogP contribution in [0, 0.1) is 5.92 Å². The third kappa shape index (κ3) is 4.65. The van der Waals surface area contributed by atoms with E-state index >= 15 is 0 Å². The van der Waals surface area contributed by atoms with Crippen molar-refractivity contribution in [3.05, 3.63) is 23.8 Å². The summed E-state index contributed by atoms with van der Waals surface area (Å²) in [5.74, 6) is 1.57. The molecule has 2 N–H and O–H groups in total. The molecule has 0 aliphatic carbocycles. The lowest BCUT2D eigenvalue weighted by molar-refractivity contribution is 0.199. The zero-order valence-corrected chi connectivity index (χ0v) is 10.6. The molecule has 3 nitrogen and oxygen atoms in total. The van der Waals surface area contributed by atoms with Crippen molar-refractivity contribution < 1.29 is 14.9 Å². The first-order valence-corrected chi connectivity index (χ1v) is 6.23. The topological polar surface area (TPSA) is 49.7 Å². The first kappa shape index (κ1) is 13.8. The van der Waals surface area contributed by atoms with Gasteiger partial charge in [0.15, 0.2) is 0 Å². The van der Waals surface area contributed by atoms with Crippen LogP contribution in [0.15, 0.2) is 18.2 Å². The molecule has 0 spiro atoms. The van der Waals surface area contributed by atoms with Crippen LogP contribution >= 0.6 is 0 Å². The van der Waals surface area contributed by atoms with Crippen molar-refractivity contribution in [3.8, 4) is 11.5 Å². The molecule has 1 atom stereocenters. The van der Waals surface area contributed by atoms with Gasteiger partial charge in [-0.3, -0.25) is 0 Å². The number of hydrogen-bond acceptors (Lipinski definition) is 3. The molecule has 0 aliphatic rings. The van der Waals surface area contributed by atoms with Crippen LogP contribution in [0.2, 0.25) is 0 Å². The van der Waals surface area contributed by atoms with Crippen LogP contribution in [0.1, 0.15) is 32.3 Å². The second-order valence-electron chi connectivity index (χ2n) is 4.42. The van der Waals surface area contributed by atoms with Crippen molar-refractivity contribution in [2.75, 3.05) is 13.2 Å². The van der Waals surface area contributed by atoms with E-state index in [1.807, 2.05) is 6.07 Å². The Morgan fingerprint density at radius 2 is 2.12 bits per heavy atom. The Kier molecular flexibility index (Phi) is 5.84. The van der Waals surface area contributed by atoms with Crippen LogP contribution in [-0.4, -0.2) is 23.4 Å². The number of phenolic OH excluding ortho intramolecular Hbond substituents is 1. The monoisotopic (exact) mass is 238 g/mol. The maximum Gasteiger partial charge on any atom is 0.126 e. The number of benzene rings is 1. The average molecular weight is 238 g/mol. The summed E-state index contributed by atoms with van der Waals surface area (Å²) >= 11 is 0. The van der Waals surface area contributed by atoms with Gasteiger partial charge < -0.3 is 14.9 Å². The van der Waals surface area contributed by atoms with Gasteiger partial charge in [0.05, 0.1) is 6.61 Å². The quantitative estimate of drug-likeness (QED) is 0.768. The van der Waals surface area contributed by atoms with Crippen molar-refractivity contribution in [2.45, 2.75) is 33.1 Å². The molecule has 3 heteroatoms. The molecule has 1 rings (SSSR count). The molecule has 0 radical (unpaired) electrons. The summed E-state index contributed by atoms with van der Waals surface area (Å²) in [5, 5.41) is 18.2. The lowest BCUT2D eigenvalue weighted by Gasteiger charge is -2.13. The fraction of sp³-hybridized carbons (Fsp3) is 0.571. The minimum Gasteiger partial charge on any atom is -0.508 e. The van der Waals surface area contributed by atoms with Crippen LogP contribution in [-0.2, 0) is 6.42 Å². The Morgan fingerprint density at radius 1 is 1.35 bits per heavy atom. The van der Waals surface area contributed by atoms with Gasteiger partial charge in [-0.25, -0.2) is 0 Å². The molecule has 0 aliphatic heterocycles. The molecule has 0 aromatic heterocycles. The largest absolute Gasteiger partial charge is 0.508 e. The van der Waals surface area contributed by atoms with Gasteiger partial charge in [0.2, 0.25) is 0 Å². The summed E-state index contributed by atoms with van der Waals surface area (Å²) in [6.45, 7) is 4.67. The van der Waals surface area contributed by atoms with Crippen molar-refractivity contribution in [3.63, 3.8) is 0 Å². The third-order valence-corrected chi connectivity index (χ3v) is 3.00. The highest BCUT2D eigenvalue weighted by atomic mass is 16.5. The van der Waals surface area contributed by atoms with Crippen molar-refractivity contribution >= 4 is 0 Å². The Morgan fingerprint density at radius 3 is 2.76 bits per heavy atom. The number of rotatable bonds is 7. The second-order valence-corrected chi connectivity index (χ2v) is 4.42. The van der Waals surface area contributed by atoms with Crippen molar-refractivity contribution in [2.24, 2.45) is 5.92 Å². The van der Waals surface area contributed by atoms with Crippen LogP contribution in [0.3, 0.4) is 0 Å². The number of aliphatic hydroxyl groups is 1. The lowest BCUT2D eigenvalue weighted by Crippen LogP contribution is -2.04. The number of phenols is 1. The number of hydrogen-bond donors (Lipinski definition) is 2. The molecule has 0 heterocycles. The predicted octanol–water partition coefficient (Wildman–Crippen LogP) is 2.74. The van der Waals surface area contributed by atoms with E-state index in [1.54, 1.807) is 12.1 Å². The van der Waals surface area contributed by atoms with Gasteiger partial charge in [0.25, 0.3) is 0 Å². The highest BCUT2D eigenvalue weighted by Crippen LogP contribution is 2.26. The highest BCUT2D eigenvalue weighted by Gasteiger charge is 2.07. The maximum atomic E-state index is 9.42. The first-order valence-electron chi connectivity index (χ1n) is 6.23. The van der Waals surface area contributed by atoms with E-state index in [1.165, 1.54) is 6.42 Å². The van der Waals surface area contributed by atoms with E-state index in [0.29, 0.717) is 11.7 Å². The van der Waals surface area contributed by atoms with Gasteiger partial charge in [-0.05, 0) is 30.4 Å². The van der Waals surface area contributed by atoms with Crippen molar-refractivity contribution in [1.82, 2.24) is 0 Å². The van der Waals surface area contributed by atoms with Gasteiger partial charge in [0.1, 0.15) is 18.1 Å². The minimum absolute atomic E-state index is 0.0134. The van der Waals surface area contributed by atoms with E-state index in [-0.39, 0.29) is 19.0 Å². The minimum atomic E-state index is -0.0134. The lowest BCUT2D eigenvalue weighted by atomic mass is 9.98. The molecule has 1 aromatic carbocycles. The highest BCUT2D eigenvalue weighted by molar-refractivity contribution is 5.40. The van der Waals surface area contributed by atoms with Crippen LogP contribution < -0.4 is 4.74 Å². The molecule has 0 saturated heterocycles. The maximum absolute atomic E-state index is 9.42. The summed E-state index contributed by atoms with van der Waals surface area (Å²) in [6.07, 6.45) is 3.22. The molecule has 0 fully saturated rings. The smallest absolute Gasteiger partial charge is 0.126 e. The van der Waals surface area contributed by atoms with Crippen LogP contribution in [0.5, 0.6) is 11.5 Å². The summed E-state index contributed by atoms with van der Waals surface area (Å²) < 4.78 is 5.42. The summed E-state index contributed by atoms with van der Waals surface area (Å²) in [5.41, 5.74) is 1.09. The van der Waals surface area contributed by atoms with Crippen LogP contribution in [0.4, 0.5) is 0 Å². The summed E-state index contributed by atoms with van der Waals surface area (Å²) in [7, 11) is 0. The van der Waals surface area contributed by atoms with E-state index < -0.39 is 0 Å². The van der Waals surface area contributed by atoms with Crippen molar-refractivity contribution in [1.29, 1.82) is 0 Å². The van der Waals surface area contributed by atoms with Crippen LogP contribution in [0.25, 0.3) is 0 Å². The number of aliphatic hydroxyl groups excluding tert-OH is 1. The number of ether oxygens (including phenoxy) is 1. The SMILES string of the molecule is CCC(C)CCc1ccc(O)cc1OCCO. The standard InChI is InChI=1S/C14H22O3/c1-3-11(2)4-5-12-6-7-13(16)10-14(12)17-9-8-15/h6-7,10-11,15-16H,3-5,8-9H2,1-2H3. The summed E-state index contributed by atoms with van der Waals surface area (Å²) in [4.78, 5) is 0. The molecule has 17 heavy (non-hydrogen) atoms. The predicted molar refractivity (Wildman–Crippen MR) is 68.5 cm³/mol.